The van der Waals surface area contributed by atoms with Crippen LogP contribution < -0.4 is 4.90 Å². The SMILES string of the molecule is CC[C@H]1CCc2ccccc2N1C[C@@H](O)c1ccc(C#N)cc1. The Labute approximate surface area is 137 Å². The highest BCUT2D eigenvalue weighted by atomic mass is 16.3. The first kappa shape index (κ1) is 15.6. The van der Waals surface area contributed by atoms with Crippen LogP contribution in [-0.2, 0) is 6.42 Å². The van der Waals surface area contributed by atoms with E-state index in [9.17, 15) is 5.11 Å². The summed E-state index contributed by atoms with van der Waals surface area (Å²) in [5.41, 5.74) is 4.10. The van der Waals surface area contributed by atoms with Crippen molar-refractivity contribution in [3.05, 3.63) is 65.2 Å². The fraction of sp³-hybridized carbons (Fsp3) is 0.350. The Hall–Kier alpha value is -2.31. The van der Waals surface area contributed by atoms with Crippen molar-refractivity contribution in [1.29, 1.82) is 5.26 Å². The van der Waals surface area contributed by atoms with Gasteiger partial charge in [0, 0.05) is 18.3 Å². The lowest BCUT2D eigenvalue weighted by molar-refractivity contribution is 0.178. The van der Waals surface area contributed by atoms with Crippen molar-refractivity contribution in [1.82, 2.24) is 0 Å². The van der Waals surface area contributed by atoms with E-state index in [2.05, 4.69) is 42.2 Å². The molecule has 0 aromatic heterocycles. The number of aliphatic hydroxyl groups is 1. The first-order valence-corrected chi connectivity index (χ1v) is 8.25. The maximum atomic E-state index is 10.7. The third-order valence-corrected chi connectivity index (χ3v) is 4.75. The van der Waals surface area contributed by atoms with Crippen molar-refractivity contribution in [2.45, 2.75) is 38.3 Å². The summed E-state index contributed by atoms with van der Waals surface area (Å²) in [4.78, 5) is 2.35. The largest absolute Gasteiger partial charge is 0.387 e. The van der Waals surface area contributed by atoms with Crippen LogP contribution in [-0.4, -0.2) is 17.7 Å². The van der Waals surface area contributed by atoms with Gasteiger partial charge in [-0.3, -0.25) is 0 Å². The minimum Gasteiger partial charge on any atom is -0.387 e. The van der Waals surface area contributed by atoms with Crippen molar-refractivity contribution >= 4 is 5.69 Å². The fourth-order valence-corrected chi connectivity index (χ4v) is 3.42. The van der Waals surface area contributed by atoms with E-state index in [1.165, 1.54) is 11.3 Å². The first-order chi connectivity index (χ1) is 11.2. The van der Waals surface area contributed by atoms with Gasteiger partial charge in [0.25, 0.3) is 0 Å². The zero-order valence-corrected chi connectivity index (χ0v) is 13.4. The molecule has 1 aliphatic rings. The molecule has 3 heteroatoms. The number of anilines is 1. The van der Waals surface area contributed by atoms with Gasteiger partial charge >= 0.3 is 0 Å². The number of nitriles is 1. The van der Waals surface area contributed by atoms with E-state index in [4.69, 9.17) is 5.26 Å². The summed E-state index contributed by atoms with van der Waals surface area (Å²) in [6.45, 7) is 2.79. The minimum atomic E-state index is -0.553. The van der Waals surface area contributed by atoms with Crippen LogP contribution in [0.3, 0.4) is 0 Å². The molecule has 0 fully saturated rings. The second kappa shape index (κ2) is 6.85. The van der Waals surface area contributed by atoms with E-state index in [0.29, 0.717) is 18.2 Å². The standard InChI is InChI=1S/C20H22N2O/c1-2-18-12-11-16-5-3-4-6-19(16)22(18)14-20(23)17-9-7-15(13-21)8-10-17/h3-10,18,20,23H,2,11-12,14H2,1H3/t18-,20+/m0/s1. The summed E-state index contributed by atoms with van der Waals surface area (Å²) >= 11 is 0. The average Bonchev–Trinajstić information content (AvgIpc) is 2.62. The fourth-order valence-electron chi connectivity index (χ4n) is 3.42. The quantitative estimate of drug-likeness (QED) is 0.934. The van der Waals surface area contributed by atoms with E-state index < -0.39 is 6.10 Å². The molecule has 0 saturated heterocycles. The van der Waals surface area contributed by atoms with Gasteiger partial charge in [0.15, 0.2) is 0 Å². The van der Waals surface area contributed by atoms with Crippen LogP contribution in [0.1, 0.15) is 42.6 Å². The molecule has 0 aliphatic carbocycles. The molecular formula is C20H22N2O. The van der Waals surface area contributed by atoms with E-state index >= 15 is 0 Å². The summed E-state index contributed by atoms with van der Waals surface area (Å²) in [7, 11) is 0. The van der Waals surface area contributed by atoms with Gasteiger partial charge in [-0.15, -0.1) is 0 Å². The van der Waals surface area contributed by atoms with Crippen LogP contribution in [0.2, 0.25) is 0 Å². The Morgan fingerprint density at radius 1 is 1.22 bits per heavy atom. The molecule has 1 N–H and O–H groups in total. The lowest BCUT2D eigenvalue weighted by Gasteiger charge is -2.39. The molecule has 2 atom stereocenters. The summed E-state index contributed by atoms with van der Waals surface area (Å²) in [6, 6.07) is 18.3. The Balaban J connectivity index is 1.83. The van der Waals surface area contributed by atoms with Gasteiger partial charge in [-0.25, -0.2) is 0 Å². The van der Waals surface area contributed by atoms with Crippen LogP contribution in [0, 0.1) is 11.3 Å². The predicted octanol–water partition coefficient (Wildman–Crippen LogP) is 3.82. The summed E-state index contributed by atoms with van der Waals surface area (Å²) < 4.78 is 0. The number of nitrogens with zero attached hydrogens (tertiary/aromatic N) is 2. The average molecular weight is 306 g/mol. The summed E-state index contributed by atoms with van der Waals surface area (Å²) in [5.74, 6) is 0. The van der Waals surface area contributed by atoms with Gasteiger partial charge in [0.05, 0.1) is 17.7 Å². The van der Waals surface area contributed by atoms with Gasteiger partial charge in [-0.1, -0.05) is 37.3 Å². The molecule has 0 radical (unpaired) electrons. The van der Waals surface area contributed by atoms with Crippen LogP contribution in [0.15, 0.2) is 48.5 Å². The summed E-state index contributed by atoms with van der Waals surface area (Å²) in [5, 5.41) is 19.5. The lowest BCUT2D eigenvalue weighted by Crippen LogP contribution is -2.41. The molecule has 0 unspecified atom stereocenters. The molecule has 23 heavy (non-hydrogen) atoms. The highest BCUT2D eigenvalue weighted by Gasteiger charge is 2.26. The number of fused-ring (bicyclic) bond motifs is 1. The Bertz CT molecular complexity index is 702. The monoisotopic (exact) mass is 306 g/mol. The van der Waals surface area contributed by atoms with Gasteiger partial charge in [-0.05, 0) is 48.6 Å². The molecule has 3 rings (SSSR count). The third kappa shape index (κ3) is 3.23. The highest BCUT2D eigenvalue weighted by Crippen LogP contribution is 2.33. The van der Waals surface area contributed by atoms with Crippen molar-refractivity contribution in [2.75, 3.05) is 11.4 Å². The number of para-hydroxylation sites is 1. The maximum Gasteiger partial charge on any atom is 0.0991 e. The smallest absolute Gasteiger partial charge is 0.0991 e. The number of aliphatic hydroxyl groups excluding tert-OH is 1. The highest BCUT2D eigenvalue weighted by molar-refractivity contribution is 5.56. The lowest BCUT2D eigenvalue weighted by atomic mass is 9.93. The zero-order valence-electron chi connectivity index (χ0n) is 13.4. The Morgan fingerprint density at radius 3 is 2.65 bits per heavy atom. The number of hydrogen-bond donors (Lipinski definition) is 1. The van der Waals surface area contributed by atoms with Crippen molar-refractivity contribution < 1.29 is 5.11 Å². The maximum absolute atomic E-state index is 10.7. The summed E-state index contributed by atoms with van der Waals surface area (Å²) in [6.07, 6.45) is 2.77. The number of β-amino-alcohol motifs (C(OH)–C–C–N with tert-alkyl or cyclic N) is 1. The van der Waals surface area contributed by atoms with Crippen molar-refractivity contribution in [3.63, 3.8) is 0 Å². The second-order valence-corrected chi connectivity index (χ2v) is 6.13. The number of aryl methyl sites for hydroxylation is 1. The van der Waals surface area contributed by atoms with Crippen molar-refractivity contribution in [3.8, 4) is 6.07 Å². The Morgan fingerprint density at radius 2 is 1.96 bits per heavy atom. The molecule has 1 heterocycles. The number of rotatable bonds is 4. The van der Waals surface area contributed by atoms with Gasteiger partial charge in [0.1, 0.15) is 0 Å². The van der Waals surface area contributed by atoms with Crippen LogP contribution in [0.5, 0.6) is 0 Å². The molecular weight excluding hydrogens is 284 g/mol. The minimum absolute atomic E-state index is 0.470. The van der Waals surface area contributed by atoms with Gasteiger partial charge in [0.2, 0.25) is 0 Å². The molecule has 0 spiro atoms. The van der Waals surface area contributed by atoms with Crippen molar-refractivity contribution in [2.24, 2.45) is 0 Å². The second-order valence-electron chi connectivity index (χ2n) is 6.13. The van der Waals surface area contributed by atoms with Crippen LogP contribution in [0.4, 0.5) is 5.69 Å². The number of benzene rings is 2. The molecule has 2 aromatic carbocycles. The first-order valence-electron chi connectivity index (χ1n) is 8.25. The molecule has 0 amide bonds. The Kier molecular flexibility index (Phi) is 4.64. The molecule has 2 aromatic rings. The molecule has 118 valence electrons. The normalized spacial score (nSPS) is 18.1. The van der Waals surface area contributed by atoms with E-state index in [1.54, 1.807) is 12.1 Å². The molecule has 1 aliphatic heterocycles. The van der Waals surface area contributed by atoms with E-state index in [0.717, 1.165) is 24.8 Å². The van der Waals surface area contributed by atoms with Gasteiger partial charge in [-0.2, -0.15) is 5.26 Å². The van der Waals surface area contributed by atoms with Gasteiger partial charge < -0.3 is 10.0 Å². The predicted molar refractivity (Wildman–Crippen MR) is 92.3 cm³/mol. The van der Waals surface area contributed by atoms with Crippen LogP contribution >= 0.6 is 0 Å². The zero-order chi connectivity index (χ0) is 16.2. The topological polar surface area (TPSA) is 47.3 Å². The molecule has 0 saturated carbocycles. The van der Waals surface area contributed by atoms with Crippen LogP contribution in [0.25, 0.3) is 0 Å². The van der Waals surface area contributed by atoms with E-state index in [1.807, 2.05) is 12.1 Å². The third-order valence-electron chi connectivity index (χ3n) is 4.75. The molecule has 3 nitrogen and oxygen atoms in total. The van der Waals surface area contributed by atoms with E-state index in [-0.39, 0.29) is 0 Å². The molecule has 0 bridgehead atoms. The number of hydrogen-bond acceptors (Lipinski definition) is 3.